The van der Waals surface area contributed by atoms with Crippen LogP contribution in [-0.2, 0) is 10.2 Å². The van der Waals surface area contributed by atoms with Gasteiger partial charge in [-0.05, 0) is 32.6 Å². The Morgan fingerprint density at radius 2 is 1.60 bits per heavy atom. The summed E-state index contributed by atoms with van der Waals surface area (Å²) in [5.74, 6) is 0.479. The van der Waals surface area contributed by atoms with Crippen molar-refractivity contribution in [3.05, 3.63) is 10.0 Å². The third-order valence-electron chi connectivity index (χ3n) is 4.35. The zero-order valence-corrected chi connectivity index (χ0v) is 14.9. The van der Waals surface area contributed by atoms with Crippen LogP contribution in [0, 0.1) is 0 Å². The molecule has 0 radical (unpaired) electrons. The predicted molar refractivity (Wildman–Crippen MR) is 86.6 cm³/mol. The van der Waals surface area contributed by atoms with E-state index in [2.05, 4.69) is 37.9 Å². The minimum Gasteiger partial charge on any atom is -0.379 e. The lowest BCUT2D eigenvalue weighted by atomic mass is 9.70. The Labute approximate surface area is 128 Å². The van der Waals surface area contributed by atoms with E-state index in [1.807, 2.05) is 21.0 Å². The van der Waals surface area contributed by atoms with Crippen LogP contribution in [0.25, 0.3) is 0 Å². The van der Waals surface area contributed by atoms with Crippen molar-refractivity contribution in [3.63, 3.8) is 0 Å². The first-order chi connectivity index (χ1) is 9.38. The molecule has 0 aromatic carbocycles. The van der Waals surface area contributed by atoms with Gasteiger partial charge in [0.25, 0.3) is 0 Å². The van der Waals surface area contributed by atoms with Crippen molar-refractivity contribution < 1.29 is 4.74 Å². The summed E-state index contributed by atoms with van der Waals surface area (Å²) in [7, 11) is 1.82. The van der Waals surface area contributed by atoms with Crippen molar-refractivity contribution in [2.45, 2.75) is 84.2 Å². The molecule has 0 spiro atoms. The van der Waals surface area contributed by atoms with Gasteiger partial charge >= 0.3 is 0 Å². The predicted octanol–water partition coefficient (Wildman–Crippen LogP) is 4.92. The maximum absolute atomic E-state index is 5.62. The van der Waals surface area contributed by atoms with Crippen LogP contribution in [0.2, 0.25) is 0 Å². The van der Waals surface area contributed by atoms with E-state index < -0.39 is 0 Å². The molecule has 0 aliphatic heterocycles. The quantitative estimate of drug-likeness (QED) is 0.794. The molecule has 0 atom stereocenters. The summed E-state index contributed by atoms with van der Waals surface area (Å²) in [6.07, 6.45) is 4.50. The number of nitrogens with zero attached hydrogens (tertiary/aromatic N) is 2. The SMILES string of the molecule is CC.COC1(C)CCC(C)(c2nnc(C(C)C)s2)CC1. The molecular weight excluding hydrogens is 268 g/mol. The first kappa shape index (κ1) is 17.6. The molecule has 1 aromatic heterocycles. The summed E-state index contributed by atoms with van der Waals surface area (Å²) in [5.41, 5.74) is 0.258. The van der Waals surface area contributed by atoms with E-state index in [0.717, 1.165) is 30.7 Å². The van der Waals surface area contributed by atoms with Gasteiger partial charge in [0, 0.05) is 18.4 Å². The lowest BCUT2D eigenvalue weighted by Gasteiger charge is -2.41. The zero-order chi connectivity index (χ0) is 15.4. The van der Waals surface area contributed by atoms with Crippen molar-refractivity contribution in [2.24, 2.45) is 0 Å². The Kier molecular flexibility index (Phi) is 6.14. The lowest BCUT2D eigenvalue weighted by Crippen LogP contribution is -2.39. The summed E-state index contributed by atoms with van der Waals surface area (Å²) < 4.78 is 5.62. The van der Waals surface area contributed by atoms with Crippen LogP contribution in [0.5, 0.6) is 0 Å². The summed E-state index contributed by atoms with van der Waals surface area (Å²) in [6.45, 7) is 12.9. The number of methoxy groups -OCH3 is 1. The Hall–Kier alpha value is -0.480. The monoisotopic (exact) mass is 298 g/mol. The van der Waals surface area contributed by atoms with Crippen molar-refractivity contribution in [1.29, 1.82) is 0 Å². The summed E-state index contributed by atoms with van der Waals surface area (Å²) in [6, 6.07) is 0. The van der Waals surface area contributed by atoms with E-state index in [4.69, 9.17) is 4.74 Å². The molecule has 0 bridgehead atoms. The summed E-state index contributed by atoms with van der Waals surface area (Å²) in [5, 5.41) is 11.1. The normalized spacial score (nSPS) is 30.0. The van der Waals surface area contributed by atoms with Gasteiger partial charge in [0.05, 0.1) is 5.60 Å². The third kappa shape index (κ3) is 3.79. The molecule has 3 nitrogen and oxygen atoms in total. The highest BCUT2D eigenvalue weighted by Gasteiger charge is 2.40. The van der Waals surface area contributed by atoms with Gasteiger partial charge in [-0.3, -0.25) is 0 Å². The van der Waals surface area contributed by atoms with E-state index in [9.17, 15) is 0 Å². The largest absolute Gasteiger partial charge is 0.379 e. The lowest BCUT2D eigenvalue weighted by molar-refractivity contribution is -0.0375. The molecule has 0 N–H and O–H groups in total. The molecule has 2 rings (SSSR count). The minimum atomic E-state index is 0.0606. The van der Waals surface area contributed by atoms with Crippen LogP contribution in [0.15, 0.2) is 0 Å². The average Bonchev–Trinajstić information content (AvgIpc) is 2.96. The Morgan fingerprint density at radius 1 is 1.05 bits per heavy atom. The molecule has 1 heterocycles. The molecular formula is C16H30N2OS. The molecule has 20 heavy (non-hydrogen) atoms. The topological polar surface area (TPSA) is 35.0 Å². The number of ether oxygens (including phenoxy) is 1. The molecule has 0 unspecified atom stereocenters. The molecule has 4 heteroatoms. The molecule has 1 fully saturated rings. The fraction of sp³-hybridized carbons (Fsp3) is 0.875. The summed E-state index contributed by atoms with van der Waals surface area (Å²) >= 11 is 1.79. The van der Waals surface area contributed by atoms with Gasteiger partial charge in [-0.25, -0.2) is 0 Å². The van der Waals surface area contributed by atoms with Crippen LogP contribution in [0.1, 0.15) is 83.2 Å². The van der Waals surface area contributed by atoms with E-state index in [-0.39, 0.29) is 11.0 Å². The number of hydrogen-bond acceptors (Lipinski definition) is 4. The second-order valence-corrected chi connectivity index (χ2v) is 7.32. The van der Waals surface area contributed by atoms with Gasteiger partial charge in [0.2, 0.25) is 0 Å². The highest BCUT2D eigenvalue weighted by Crippen LogP contribution is 2.45. The second-order valence-electron chi connectivity index (χ2n) is 6.31. The van der Waals surface area contributed by atoms with Crippen molar-refractivity contribution in [3.8, 4) is 0 Å². The van der Waals surface area contributed by atoms with Crippen molar-refractivity contribution in [2.75, 3.05) is 7.11 Å². The van der Waals surface area contributed by atoms with Gasteiger partial charge in [0.15, 0.2) is 0 Å². The van der Waals surface area contributed by atoms with Crippen LogP contribution in [0.4, 0.5) is 0 Å². The highest BCUT2D eigenvalue weighted by molar-refractivity contribution is 7.11. The fourth-order valence-electron chi connectivity index (χ4n) is 2.46. The molecule has 1 aliphatic rings. The number of hydrogen-bond donors (Lipinski definition) is 0. The van der Waals surface area contributed by atoms with Crippen LogP contribution in [-0.4, -0.2) is 22.9 Å². The van der Waals surface area contributed by atoms with E-state index >= 15 is 0 Å². The molecule has 1 saturated carbocycles. The van der Waals surface area contributed by atoms with Gasteiger partial charge in [-0.2, -0.15) is 0 Å². The van der Waals surface area contributed by atoms with Gasteiger partial charge < -0.3 is 4.74 Å². The first-order valence-electron chi connectivity index (χ1n) is 7.78. The van der Waals surface area contributed by atoms with Crippen LogP contribution < -0.4 is 0 Å². The third-order valence-corrected chi connectivity index (χ3v) is 5.88. The first-order valence-corrected chi connectivity index (χ1v) is 8.59. The summed E-state index contributed by atoms with van der Waals surface area (Å²) in [4.78, 5) is 0. The Bertz CT molecular complexity index is 406. The number of rotatable bonds is 3. The Balaban J connectivity index is 0.000000956. The van der Waals surface area contributed by atoms with Crippen molar-refractivity contribution in [1.82, 2.24) is 10.2 Å². The smallest absolute Gasteiger partial charge is 0.123 e. The van der Waals surface area contributed by atoms with Gasteiger partial charge in [-0.15, -0.1) is 21.5 Å². The van der Waals surface area contributed by atoms with E-state index in [0.29, 0.717) is 5.92 Å². The standard InChI is InChI=1S/C14H24N2OS.C2H6/c1-10(2)11-15-16-12(18-11)13(3)6-8-14(4,17-5)9-7-13;1-2/h10H,6-9H2,1-5H3;1-2H3. The van der Waals surface area contributed by atoms with Crippen LogP contribution in [0.3, 0.4) is 0 Å². The molecule has 0 amide bonds. The highest BCUT2D eigenvalue weighted by atomic mass is 32.1. The van der Waals surface area contributed by atoms with Crippen LogP contribution >= 0.6 is 11.3 Å². The van der Waals surface area contributed by atoms with Gasteiger partial charge in [0.1, 0.15) is 10.0 Å². The average molecular weight is 298 g/mol. The number of aromatic nitrogens is 2. The van der Waals surface area contributed by atoms with E-state index in [1.54, 1.807) is 11.3 Å². The second kappa shape index (κ2) is 6.99. The maximum atomic E-state index is 5.62. The van der Waals surface area contributed by atoms with Gasteiger partial charge in [-0.1, -0.05) is 34.6 Å². The molecule has 116 valence electrons. The molecule has 1 aromatic rings. The zero-order valence-electron chi connectivity index (χ0n) is 14.1. The molecule has 1 aliphatic carbocycles. The van der Waals surface area contributed by atoms with Crippen molar-refractivity contribution >= 4 is 11.3 Å². The van der Waals surface area contributed by atoms with E-state index in [1.165, 1.54) is 5.01 Å². The minimum absolute atomic E-state index is 0.0606. The maximum Gasteiger partial charge on any atom is 0.123 e. The Morgan fingerprint density at radius 3 is 2.00 bits per heavy atom. The fourth-order valence-corrected chi connectivity index (χ4v) is 3.51. The molecule has 0 saturated heterocycles.